The van der Waals surface area contributed by atoms with Crippen LogP contribution in [0.15, 0.2) is 42.5 Å². The molecule has 0 heterocycles. The van der Waals surface area contributed by atoms with Crippen LogP contribution in [0.2, 0.25) is 5.02 Å². The first kappa shape index (κ1) is 20.8. The molecule has 0 unspecified atom stereocenters. The summed E-state index contributed by atoms with van der Waals surface area (Å²) in [6, 6.07) is 12.3. The third-order valence-corrected chi connectivity index (χ3v) is 4.15. The Morgan fingerprint density at radius 1 is 1.07 bits per heavy atom. The van der Waals surface area contributed by atoms with Crippen molar-refractivity contribution >= 4 is 29.2 Å². The summed E-state index contributed by atoms with van der Waals surface area (Å²) in [7, 11) is 0. The smallest absolute Gasteiger partial charge is 0.339 e. The van der Waals surface area contributed by atoms with Gasteiger partial charge >= 0.3 is 5.97 Å². The van der Waals surface area contributed by atoms with Crippen molar-refractivity contribution < 1.29 is 19.1 Å². The van der Waals surface area contributed by atoms with Crippen molar-refractivity contribution in [3.05, 3.63) is 58.6 Å². The third kappa shape index (κ3) is 6.00. The quantitative estimate of drug-likeness (QED) is 0.718. The van der Waals surface area contributed by atoms with Crippen molar-refractivity contribution in [1.29, 1.82) is 0 Å². The molecule has 0 fully saturated rings. The van der Waals surface area contributed by atoms with Gasteiger partial charge in [0.2, 0.25) is 0 Å². The molecule has 0 atom stereocenters. The Balaban J connectivity index is 1.92. The van der Waals surface area contributed by atoms with Crippen LogP contribution in [-0.4, -0.2) is 25.1 Å². The largest absolute Gasteiger partial charge is 0.484 e. The molecule has 0 aliphatic heterocycles. The lowest BCUT2D eigenvalue weighted by Gasteiger charge is -2.19. The molecule has 2 aromatic carbocycles. The van der Waals surface area contributed by atoms with Gasteiger partial charge in [0, 0.05) is 5.69 Å². The average Bonchev–Trinajstić information content (AvgIpc) is 2.60. The molecule has 144 valence electrons. The number of carbonyl (C=O) groups excluding carboxylic acids is 2. The van der Waals surface area contributed by atoms with Crippen LogP contribution in [0.4, 0.5) is 5.69 Å². The summed E-state index contributed by atoms with van der Waals surface area (Å²) in [6.07, 6.45) is 0. The highest BCUT2D eigenvalue weighted by molar-refractivity contribution is 6.34. The molecule has 5 nitrogen and oxygen atoms in total. The van der Waals surface area contributed by atoms with Gasteiger partial charge in [-0.05, 0) is 48.2 Å². The fraction of sp³-hybridized carbons (Fsp3) is 0.333. The average molecular weight is 390 g/mol. The van der Waals surface area contributed by atoms with Gasteiger partial charge in [-0.15, -0.1) is 0 Å². The van der Waals surface area contributed by atoms with E-state index in [9.17, 15) is 9.59 Å². The molecule has 2 rings (SSSR count). The van der Waals surface area contributed by atoms with Crippen LogP contribution < -0.4 is 10.1 Å². The van der Waals surface area contributed by atoms with Gasteiger partial charge < -0.3 is 14.8 Å². The Morgan fingerprint density at radius 2 is 1.74 bits per heavy atom. The van der Waals surface area contributed by atoms with Gasteiger partial charge in [0.1, 0.15) is 5.75 Å². The van der Waals surface area contributed by atoms with Gasteiger partial charge in [0.05, 0.1) is 17.2 Å². The zero-order chi connectivity index (χ0) is 20.0. The van der Waals surface area contributed by atoms with Crippen molar-refractivity contribution in [2.75, 3.05) is 18.5 Å². The van der Waals surface area contributed by atoms with E-state index in [1.807, 2.05) is 24.3 Å². The molecule has 1 N–H and O–H groups in total. The van der Waals surface area contributed by atoms with Gasteiger partial charge in [-0.1, -0.05) is 44.5 Å². The zero-order valence-corrected chi connectivity index (χ0v) is 16.7. The maximum atomic E-state index is 12.1. The van der Waals surface area contributed by atoms with E-state index in [-0.39, 0.29) is 35.1 Å². The molecule has 0 bridgehead atoms. The fourth-order valence-electron chi connectivity index (χ4n) is 2.36. The number of amides is 1. The number of anilines is 1. The van der Waals surface area contributed by atoms with Gasteiger partial charge in [0.25, 0.3) is 5.91 Å². The third-order valence-electron chi connectivity index (χ3n) is 3.84. The molecule has 6 heteroatoms. The lowest BCUT2D eigenvalue weighted by atomic mass is 9.87. The van der Waals surface area contributed by atoms with E-state index >= 15 is 0 Å². The van der Waals surface area contributed by atoms with Crippen molar-refractivity contribution in [2.24, 2.45) is 0 Å². The van der Waals surface area contributed by atoms with Crippen LogP contribution in [0.25, 0.3) is 0 Å². The van der Waals surface area contributed by atoms with Crippen molar-refractivity contribution in [1.82, 2.24) is 0 Å². The first-order valence-corrected chi connectivity index (χ1v) is 9.08. The number of halogens is 1. The summed E-state index contributed by atoms with van der Waals surface area (Å²) in [4.78, 5) is 23.8. The maximum absolute atomic E-state index is 12.1. The van der Waals surface area contributed by atoms with E-state index in [1.54, 1.807) is 13.0 Å². The molecule has 2 aromatic rings. The number of carbonyl (C=O) groups is 2. The molecule has 0 aromatic heterocycles. The fourth-order valence-corrected chi connectivity index (χ4v) is 2.62. The van der Waals surface area contributed by atoms with Crippen molar-refractivity contribution in [3.8, 4) is 5.75 Å². The maximum Gasteiger partial charge on any atom is 0.339 e. The Bertz CT molecular complexity index is 810. The van der Waals surface area contributed by atoms with Gasteiger partial charge in [-0.3, -0.25) is 4.79 Å². The van der Waals surface area contributed by atoms with E-state index < -0.39 is 5.97 Å². The Hall–Kier alpha value is -2.53. The number of esters is 1. The van der Waals surface area contributed by atoms with Crippen LogP contribution in [0, 0.1) is 0 Å². The van der Waals surface area contributed by atoms with Crippen molar-refractivity contribution in [2.45, 2.75) is 33.1 Å². The van der Waals surface area contributed by atoms with Crippen LogP contribution in [0.5, 0.6) is 5.75 Å². The predicted octanol–water partition coefficient (Wildman–Crippen LogP) is 4.83. The Morgan fingerprint density at radius 3 is 2.30 bits per heavy atom. The highest BCUT2D eigenvalue weighted by Gasteiger charge is 2.14. The highest BCUT2D eigenvalue weighted by Crippen LogP contribution is 2.24. The topological polar surface area (TPSA) is 64.6 Å². The Kier molecular flexibility index (Phi) is 6.86. The highest BCUT2D eigenvalue weighted by atomic mass is 35.5. The minimum absolute atomic E-state index is 0.0604. The van der Waals surface area contributed by atoms with Crippen LogP contribution in [0.3, 0.4) is 0 Å². The normalized spacial score (nSPS) is 11.0. The summed E-state index contributed by atoms with van der Waals surface area (Å²) in [6.45, 7) is 8.25. The summed E-state index contributed by atoms with van der Waals surface area (Å²) in [5.41, 5.74) is 1.98. The standard InChI is InChI=1S/C21H24ClNO4/c1-5-26-20(25)17-11-8-15(12-18(17)22)23-19(24)13-27-16-9-6-14(7-10-16)21(2,3)4/h6-12H,5,13H2,1-4H3,(H,23,24). The second-order valence-electron chi connectivity index (χ2n) is 7.03. The molecule has 0 aliphatic rings. The number of rotatable bonds is 6. The molecule has 0 spiro atoms. The van der Waals surface area contributed by atoms with Crippen LogP contribution >= 0.6 is 11.6 Å². The minimum atomic E-state index is -0.498. The van der Waals surface area contributed by atoms with Gasteiger partial charge in [-0.2, -0.15) is 0 Å². The molecular weight excluding hydrogens is 366 g/mol. The van der Waals surface area contributed by atoms with Crippen LogP contribution in [0.1, 0.15) is 43.6 Å². The first-order valence-electron chi connectivity index (χ1n) is 8.70. The summed E-state index contributed by atoms with van der Waals surface area (Å²) >= 11 is 6.08. The Labute approximate surface area is 164 Å². The number of ether oxygens (including phenoxy) is 2. The molecule has 0 saturated carbocycles. The lowest BCUT2D eigenvalue weighted by Crippen LogP contribution is -2.20. The monoisotopic (exact) mass is 389 g/mol. The summed E-state index contributed by atoms with van der Waals surface area (Å²) in [5.74, 6) is -0.203. The second kappa shape index (κ2) is 8.91. The SMILES string of the molecule is CCOC(=O)c1ccc(NC(=O)COc2ccc(C(C)(C)C)cc2)cc1Cl. The summed E-state index contributed by atoms with van der Waals surface area (Å²) in [5, 5.41) is 2.90. The lowest BCUT2D eigenvalue weighted by molar-refractivity contribution is -0.118. The molecule has 0 aliphatic carbocycles. The van der Waals surface area contributed by atoms with Gasteiger partial charge in [-0.25, -0.2) is 4.79 Å². The molecule has 1 amide bonds. The van der Waals surface area contributed by atoms with Crippen molar-refractivity contribution in [3.63, 3.8) is 0 Å². The first-order chi connectivity index (χ1) is 12.7. The molecule has 0 radical (unpaired) electrons. The minimum Gasteiger partial charge on any atom is -0.484 e. The number of nitrogens with one attached hydrogen (secondary N) is 1. The number of benzene rings is 2. The predicted molar refractivity (Wildman–Crippen MR) is 107 cm³/mol. The molecule has 0 saturated heterocycles. The van der Waals surface area contributed by atoms with E-state index in [0.717, 1.165) is 0 Å². The van der Waals surface area contributed by atoms with E-state index in [0.29, 0.717) is 11.4 Å². The number of hydrogen-bond donors (Lipinski definition) is 1. The second-order valence-corrected chi connectivity index (χ2v) is 7.43. The molecule has 27 heavy (non-hydrogen) atoms. The van der Waals surface area contributed by atoms with E-state index in [4.69, 9.17) is 21.1 Å². The van der Waals surface area contributed by atoms with E-state index in [2.05, 4.69) is 26.1 Å². The zero-order valence-electron chi connectivity index (χ0n) is 16.0. The summed E-state index contributed by atoms with van der Waals surface area (Å²) < 4.78 is 10.4. The van der Waals surface area contributed by atoms with Crippen LogP contribution in [-0.2, 0) is 14.9 Å². The van der Waals surface area contributed by atoms with E-state index in [1.165, 1.54) is 17.7 Å². The van der Waals surface area contributed by atoms with Gasteiger partial charge in [0.15, 0.2) is 6.61 Å². The number of hydrogen-bond acceptors (Lipinski definition) is 4. The molecular formula is C21H24ClNO4.